The van der Waals surface area contributed by atoms with Crippen LogP contribution in [0.25, 0.3) is 0 Å². The molecule has 0 radical (unpaired) electrons. The molecule has 0 bridgehead atoms. The quantitative estimate of drug-likeness (QED) is 0.682. The van der Waals surface area contributed by atoms with Crippen LogP contribution in [0.1, 0.15) is 42.6 Å². The van der Waals surface area contributed by atoms with Gasteiger partial charge in [-0.05, 0) is 62.7 Å². The Hall–Kier alpha value is -1.69. The molecule has 2 fully saturated rings. The lowest BCUT2D eigenvalue weighted by atomic mass is 9.95. The Morgan fingerprint density at radius 2 is 1.97 bits per heavy atom. The highest BCUT2D eigenvalue weighted by molar-refractivity contribution is 5.25. The van der Waals surface area contributed by atoms with Gasteiger partial charge in [0.2, 0.25) is 0 Å². The maximum absolute atomic E-state index is 5.94. The van der Waals surface area contributed by atoms with Crippen LogP contribution < -0.4 is 0 Å². The smallest absolute Gasteiger partial charge is 0.122 e. The predicted octanol–water partition coefficient (Wildman–Crippen LogP) is 3.62. The lowest BCUT2D eigenvalue weighted by molar-refractivity contribution is 0.0557. The fourth-order valence-corrected chi connectivity index (χ4v) is 4.75. The second kappa shape index (κ2) is 9.88. The molecule has 1 aromatic heterocycles. The number of aromatic nitrogens is 2. The van der Waals surface area contributed by atoms with Crippen molar-refractivity contribution in [1.29, 1.82) is 0 Å². The number of rotatable bonds is 8. The van der Waals surface area contributed by atoms with E-state index >= 15 is 0 Å². The Kier molecular flexibility index (Phi) is 7.01. The van der Waals surface area contributed by atoms with Gasteiger partial charge in [-0.2, -0.15) is 0 Å². The first-order chi connectivity index (χ1) is 14.2. The summed E-state index contributed by atoms with van der Waals surface area (Å²) in [5, 5.41) is 0. The van der Waals surface area contributed by atoms with E-state index in [-0.39, 0.29) is 0 Å². The normalized spacial score (nSPS) is 21.3. The SMILES string of the molecule is Cc1ccccc1CN1CCC(CN(Cc2nccn2C)C[C@@H]2CCCO2)CC1. The number of imidazole rings is 1. The van der Waals surface area contributed by atoms with Crippen molar-refractivity contribution in [2.45, 2.75) is 51.8 Å². The highest BCUT2D eigenvalue weighted by atomic mass is 16.5. The van der Waals surface area contributed by atoms with Gasteiger partial charge in [0.05, 0.1) is 12.6 Å². The van der Waals surface area contributed by atoms with Crippen molar-refractivity contribution in [3.05, 3.63) is 53.6 Å². The van der Waals surface area contributed by atoms with E-state index in [9.17, 15) is 0 Å². The molecule has 0 N–H and O–H groups in total. The van der Waals surface area contributed by atoms with Crippen molar-refractivity contribution in [2.75, 3.05) is 32.8 Å². The third-order valence-electron chi connectivity index (χ3n) is 6.65. The second-order valence-corrected chi connectivity index (χ2v) is 8.93. The molecule has 2 saturated heterocycles. The third kappa shape index (κ3) is 5.68. The monoisotopic (exact) mass is 396 g/mol. The molecule has 4 rings (SSSR count). The molecular formula is C24H36N4O. The molecule has 1 atom stereocenters. The van der Waals surface area contributed by atoms with Crippen LogP contribution in [0.15, 0.2) is 36.7 Å². The maximum atomic E-state index is 5.94. The fraction of sp³-hybridized carbons (Fsp3) is 0.625. The van der Waals surface area contributed by atoms with Gasteiger partial charge in [-0.15, -0.1) is 0 Å². The number of hydrogen-bond acceptors (Lipinski definition) is 4. The highest BCUT2D eigenvalue weighted by Gasteiger charge is 2.25. The minimum absolute atomic E-state index is 0.399. The molecule has 158 valence electrons. The topological polar surface area (TPSA) is 33.5 Å². The summed E-state index contributed by atoms with van der Waals surface area (Å²) in [5.41, 5.74) is 2.88. The molecule has 3 heterocycles. The van der Waals surface area contributed by atoms with Gasteiger partial charge in [-0.3, -0.25) is 9.80 Å². The van der Waals surface area contributed by atoms with Crippen LogP contribution in [0.4, 0.5) is 0 Å². The first-order valence-corrected chi connectivity index (χ1v) is 11.2. The molecule has 2 aliphatic heterocycles. The standard InChI is InChI=1S/C24H36N4O/c1-20-6-3-4-7-22(20)17-27-12-9-21(10-13-27)16-28(18-23-8-5-15-29-23)19-24-25-11-14-26(24)2/h3-4,6-7,11,14,21,23H,5,8-10,12-13,15-19H2,1-2H3/t23-/m0/s1. The largest absolute Gasteiger partial charge is 0.377 e. The average molecular weight is 397 g/mol. The van der Waals surface area contributed by atoms with Gasteiger partial charge in [-0.25, -0.2) is 4.98 Å². The summed E-state index contributed by atoms with van der Waals surface area (Å²) in [6, 6.07) is 8.80. The number of likely N-dealkylation sites (tertiary alicyclic amines) is 1. The first-order valence-electron chi connectivity index (χ1n) is 11.2. The number of nitrogens with zero attached hydrogens (tertiary/aromatic N) is 4. The van der Waals surface area contributed by atoms with Crippen LogP contribution in [-0.4, -0.2) is 58.2 Å². The summed E-state index contributed by atoms with van der Waals surface area (Å²) in [7, 11) is 2.09. The Balaban J connectivity index is 1.30. The van der Waals surface area contributed by atoms with E-state index in [1.165, 1.54) is 49.9 Å². The van der Waals surface area contributed by atoms with Crippen LogP contribution in [0, 0.1) is 12.8 Å². The summed E-state index contributed by atoms with van der Waals surface area (Å²) >= 11 is 0. The van der Waals surface area contributed by atoms with Crippen molar-refractivity contribution in [3.8, 4) is 0 Å². The summed E-state index contributed by atoms with van der Waals surface area (Å²) in [6.07, 6.45) is 9.33. The summed E-state index contributed by atoms with van der Waals surface area (Å²) < 4.78 is 8.09. The molecule has 0 amide bonds. The lowest BCUT2D eigenvalue weighted by Gasteiger charge is -2.35. The van der Waals surface area contributed by atoms with Crippen LogP contribution in [0.5, 0.6) is 0 Å². The minimum Gasteiger partial charge on any atom is -0.377 e. The Morgan fingerprint density at radius 1 is 1.14 bits per heavy atom. The Morgan fingerprint density at radius 3 is 2.66 bits per heavy atom. The molecule has 0 unspecified atom stereocenters. The predicted molar refractivity (Wildman–Crippen MR) is 117 cm³/mol. The number of aryl methyl sites for hydroxylation is 2. The van der Waals surface area contributed by atoms with E-state index < -0.39 is 0 Å². The summed E-state index contributed by atoms with van der Waals surface area (Å²) in [4.78, 5) is 9.79. The number of hydrogen-bond donors (Lipinski definition) is 0. The summed E-state index contributed by atoms with van der Waals surface area (Å²) in [5.74, 6) is 1.92. The van der Waals surface area contributed by atoms with Gasteiger partial charge >= 0.3 is 0 Å². The van der Waals surface area contributed by atoms with Crippen molar-refractivity contribution in [2.24, 2.45) is 13.0 Å². The number of benzene rings is 1. The second-order valence-electron chi connectivity index (χ2n) is 8.93. The highest BCUT2D eigenvalue weighted by Crippen LogP contribution is 2.23. The van der Waals surface area contributed by atoms with Crippen LogP contribution in [-0.2, 0) is 24.9 Å². The third-order valence-corrected chi connectivity index (χ3v) is 6.65. The van der Waals surface area contributed by atoms with Crippen LogP contribution in [0.2, 0.25) is 0 Å². The summed E-state index contributed by atoms with van der Waals surface area (Å²) in [6.45, 7) is 9.77. The molecule has 1 aromatic carbocycles. The molecule has 2 aromatic rings. The molecule has 5 heteroatoms. The lowest BCUT2D eigenvalue weighted by Crippen LogP contribution is -2.41. The average Bonchev–Trinajstić information content (AvgIpc) is 3.37. The van der Waals surface area contributed by atoms with Crippen molar-refractivity contribution in [3.63, 3.8) is 0 Å². The van der Waals surface area contributed by atoms with Gasteiger partial charge in [0, 0.05) is 45.7 Å². The van der Waals surface area contributed by atoms with Gasteiger partial charge < -0.3 is 9.30 Å². The van der Waals surface area contributed by atoms with Gasteiger partial charge in [0.15, 0.2) is 0 Å². The van der Waals surface area contributed by atoms with E-state index in [0.717, 1.165) is 44.5 Å². The molecule has 2 aliphatic rings. The minimum atomic E-state index is 0.399. The van der Waals surface area contributed by atoms with Crippen LogP contribution >= 0.6 is 0 Å². The molecular weight excluding hydrogens is 360 g/mol. The van der Waals surface area contributed by atoms with Gasteiger partial charge in [0.1, 0.15) is 5.82 Å². The fourth-order valence-electron chi connectivity index (χ4n) is 4.75. The molecule has 0 saturated carbocycles. The Bertz CT molecular complexity index is 760. The van der Waals surface area contributed by atoms with Crippen molar-refractivity contribution in [1.82, 2.24) is 19.4 Å². The van der Waals surface area contributed by atoms with E-state index in [4.69, 9.17) is 4.74 Å². The zero-order chi connectivity index (χ0) is 20.1. The molecule has 0 aliphatic carbocycles. The zero-order valence-electron chi connectivity index (χ0n) is 18.1. The first kappa shape index (κ1) is 20.6. The van der Waals surface area contributed by atoms with Gasteiger partial charge in [0.25, 0.3) is 0 Å². The van der Waals surface area contributed by atoms with E-state index in [0.29, 0.717) is 6.10 Å². The van der Waals surface area contributed by atoms with Crippen LogP contribution in [0.3, 0.4) is 0 Å². The van der Waals surface area contributed by atoms with Crippen molar-refractivity contribution < 1.29 is 4.74 Å². The van der Waals surface area contributed by atoms with Gasteiger partial charge in [-0.1, -0.05) is 24.3 Å². The van der Waals surface area contributed by atoms with E-state index in [2.05, 4.69) is 57.6 Å². The molecule has 5 nitrogen and oxygen atoms in total. The number of piperidine rings is 1. The van der Waals surface area contributed by atoms with E-state index in [1.807, 2.05) is 12.4 Å². The molecule has 0 spiro atoms. The Labute approximate surface area is 175 Å². The number of ether oxygens (including phenoxy) is 1. The zero-order valence-corrected chi connectivity index (χ0v) is 18.1. The van der Waals surface area contributed by atoms with Crippen molar-refractivity contribution >= 4 is 0 Å². The molecule has 29 heavy (non-hydrogen) atoms. The maximum Gasteiger partial charge on any atom is 0.122 e. The van der Waals surface area contributed by atoms with E-state index in [1.54, 1.807) is 0 Å².